The average Bonchev–Trinajstić information content (AvgIpc) is 2.23. The lowest BCUT2D eigenvalue weighted by atomic mass is 9.95. The second-order valence-corrected chi connectivity index (χ2v) is 5.00. The van der Waals surface area contributed by atoms with Gasteiger partial charge in [0.1, 0.15) is 5.82 Å². The van der Waals surface area contributed by atoms with Crippen LogP contribution in [0.5, 0.6) is 0 Å². The van der Waals surface area contributed by atoms with Gasteiger partial charge in [-0.2, -0.15) is 0 Å². The van der Waals surface area contributed by atoms with Gasteiger partial charge in [-0.05, 0) is 30.2 Å². The second-order valence-electron chi connectivity index (χ2n) is 5.00. The summed E-state index contributed by atoms with van der Waals surface area (Å²) in [6.45, 7) is 7.42. The van der Waals surface area contributed by atoms with Crippen molar-refractivity contribution in [3.8, 4) is 0 Å². The van der Waals surface area contributed by atoms with E-state index in [1.165, 1.54) is 6.07 Å². The third kappa shape index (κ3) is 3.91. The zero-order valence-corrected chi connectivity index (χ0v) is 10.2. The maximum absolute atomic E-state index is 13.0. The molecule has 0 aliphatic rings. The van der Waals surface area contributed by atoms with Crippen LogP contribution < -0.4 is 5.32 Å². The molecule has 0 spiro atoms. The largest absolute Gasteiger partial charge is 0.396 e. The lowest BCUT2D eigenvalue weighted by molar-refractivity contribution is 0.156. The third-order valence-electron chi connectivity index (χ3n) is 2.66. The molecule has 0 atom stereocenters. The van der Waals surface area contributed by atoms with Gasteiger partial charge in [0, 0.05) is 25.1 Å². The molecule has 0 unspecified atom stereocenters. The molecule has 16 heavy (non-hydrogen) atoms. The van der Waals surface area contributed by atoms with Crippen LogP contribution in [0.15, 0.2) is 18.2 Å². The number of aliphatic hydroxyl groups excluding tert-OH is 1. The molecule has 0 aromatic heterocycles. The lowest BCUT2D eigenvalue weighted by Crippen LogP contribution is -2.32. The van der Waals surface area contributed by atoms with Crippen LogP contribution in [0.4, 0.5) is 4.39 Å². The van der Waals surface area contributed by atoms with Gasteiger partial charge in [-0.1, -0.05) is 19.9 Å². The van der Waals surface area contributed by atoms with Gasteiger partial charge in [-0.15, -0.1) is 0 Å². The first-order valence-corrected chi connectivity index (χ1v) is 5.51. The molecule has 0 fully saturated rings. The van der Waals surface area contributed by atoms with E-state index in [9.17, 15) is 4.39 Å². The quantitative estimate of drug-likeness (QED) is 0.805. The summed E-state index contributed by atoms with van der Waals surface area (Å²) in [6, 6.07) is 4.80. The molecule has 3 heteroatoms. The van der Waals surface area contributed by atoms with E-state index in [1.807, 2.05) is 20.8 Å². The molecule has 0 aliphatic carbocycles. The van der Waals surface area contributed by atoms with Gasteiger partial charge in [-0.3, -0.25) is 0 Å². The number of benzene rings is 1. The summed E-state index contributed by atoms with van der Waals surface area (Å²) in [5, 5.41) is 12.3. The fourth-order valence-corrected chi connectivity index (χ4v) is 1.42. The van der Waals surface area contributed by atoms with Gasteiger partial charge in [0.25, 0.3) is 0 Å². The van der Waals surface area contributed by atoms with Crippen molar-refractivity contribution in [2.24, 2.45) is 5.41 Å². The molecule has 0 saturated carbocycles. The van der Waals surface area contributed by atoms with Crippen LogP contribution in [-0.2, 0) is 6.54 Å². The van der Waals surface area contributed by atoms with E-state index in [4.69, 9.17) is 5.11 Å². The number of hydrogen-bond acceptors (Lipinski definition) is 2. The van der Waals surface area contributed by atoms with Crippen molar-refractivity contribution in [1.29, 1.82) is 0 Å². The third-order valence-corrected chi connectivity index (χ3v) is 2.66. The van der Waals surface area contributed by atoms with Crippen LogP contribution in [0.25, 0.3) is 0 Å². The Bertz CT molecular complexity index is 350. The number of aryl methyl sites for hydroxylation is 1. The molecule has 0 radical (unpaired) electrons. The van der Waals surface area contributed by atoms with E-state index in [-0.39, 0.29) is 17.8 Å². The Morgan fingerprint density at radius 3 is 2.69 bits per heavy atom. The monoisotopic (exact) mass is 225 g/mol. The summed E-state index contributed by atoms with van der Waals surface area (Å²) >= 11 is 0. The smallest absolute Gasteiger partial charge is 0.123 e. The minimum Gasteiger partial charge on any atom is -0.396 e. The predicted molar refractivity (Wildman–Crippen MR) is 63.7 cm³/mol. The first-order valence-electron chi connectivity index (χ1n) is 5.51. The molecule has 0 heterocycles. The number of halogens is 1. The second kappa shape index (κ2) is 5.41. The standard InChI is InChI=1S/C13H20FNO/c1-10-4-5-12(14)6-11(10)7-15-8-13(2,3)9-16/h4-6,15-16H,7-9H2,1-3H3. The van der Waals surface area contributed by atoms with Crippen molar-refractivity contribution < 1.29 is 9.50 Å². The van der Waals surface area contributed by atoms with E-state index in [0.717, 1.165) is 11.1 Å². The molecule has 1 rings (SSSR count). The molecule has 90 valence electrons. The van der Waals surface area contributed by atoms with Gasteiger partial charge < -0.3 is 10.4 Å². The Morgan fingerprint density at radius 2 is 2.06 bits per heavy atom. The predicted octanol–water partition coefficient (Wildman–Crippen LogP) is 2.24. The summed E-state index contributed by atoms with van der Waals surface area (Å²) in [5.41, 5.74) is 1.91. The van der Waals surface area contributed by atoms with Crippen molar-refractivity contribution in [3.63, 3.8) is 0 Å². The van der Waals surface area contributed by atoms with Crippen molar-refractivity contribution in [2.45, 2.75) is 27.3 Å². The molecular weight excluding hydrogens is 205 g/mol. The van der Waals surface area contributed by atoms with Gasteiger partial charge >= 0.3 is 0 Å². The summed E-state index contributed by atoms with van der Waals surface area (Å²) in [5.74, 6) is -0.205. The van der Waals surface area contributed by atoms with E-state index in [0.29, 0.717) is 13.1 Å². The Hall–Kier alpha value is -0.930. The minimum absolute atomic E-state index is 0.138. The normalized spacial score (nSPS) is 11.8. The first kappa shape index (κ1) is 13.1. The van der Waals surface area contributed by atoms with Crippen LogP contribution in [0.1, 0.15) is 25.0 Å². The molecule has 0 aliphatic heterocycles. The number of hydrogen-bond donors (Lipinski definition) is 2. The van der Waals surface area contributed by atoms with Crippen molar-refractivity contribution in [2.75, 3.05) is 13.2 Å². The molecule has 2 N–H and O–H groups in total. The van der Waals surface area contributed by atoms with Crippen molar-refractivity contribution >= 4 is 0 Å². The maximum atomic E-state index is 13.0. The molecular formula is C13H20FNO. The Balaban J connectivity index is 2.52. The van der Waals surface area contributed by atoms with Gasteiger partial charge in [0.15, 0.2) is 0 Å². The summed E-state index contributed by atoms with van der Waals surface area (Å²) in [4.78, 5) is 0. The summed E-state index contributed by atoms with van der Waals surface area (Å²) in [6.07, 6.45) is 0. The highest BCUT2D eigenvalue weighted by atomic mass is 19.1. The van der Waals surface area contributed by atoms with Gasteiger partial charge in [-0.25, -0.2) is 4.39 Å². The zero-order valence-electron chi connectivity index (χ0n) is 10.2. The highest BCUT2D eigenvalue weighted by molar-refractivity contribution is 5.26. The van der Waals surface area contributed by atoms with Crippen molar-refractivity contribution in [1.82, 2.24) is 5.32 Å². The lowest BCUT2D eigenvalue weighted by Gasteiger charge is -2.22. The van der Waals surface area contributed by atoms with Gasteiger partial charge in [0.2, 0.25) is 0 Å². The van der Waals surface area contributed by atoms with E-state index < -0.39 is 0 Å². The summed E-state index contributed by atoms with van der Waals surface area (Å²) in [7, 11) is 0. The fourth-order valence-electron chi connectivity index (χ4n) is 1.42. The molecule has 1 aromatic rings. The van der Waals surface area contributed by atoms with E-state index in [1.54, 1.807) is 12.1 Å². The zero-order chi connectivity index (χ0) is 12.2. The Morgan fingerprint density at radius 1 is 1.38 bits per heavy atom. The highest BCUT2D eigenvalue weighted by Crippen LogP contribution is 2.13. The maximum Gasteiger partial charge on any atom is 0.123 e. The molecule has 0 amide bonds. The van der Waals surface area contributed by atoms with Crippen LogP contribution in [0, 0.1) is 18.2 Å². The SMILES string of the molecule is Cc1ccc(F)cc1CNCC(C)(C)CO. The number of nitrogens with one attached hydrogen (secondary N) is 1. The molecule has 0 bridgehead atoms. The summed E-state index contributed by atoms with van der Waals surface area (Å²) < 4.78 is 13.0. The van der Waals surface area contributed by atoms with E-state index >= 15 is 0 Å². The molecule has 1 aromatic carbocycles. The van der Waals surface area contributed by atoms with Gasteiger partial charge in [0.05, 0.1) is 0 Å². The van der Waals surface area contributed by atoms with Crippen LogP contribution in [0.2, 0.25) is 0 Å². The first-order chi connectivity index (χ1) is 7.44. The Labute approximate surface area is 96.5 Å². The Kier molecular flexibility index (Phi) is 4.44. The average molecular weight is 225 g/mol. The molecule has 0 saturated heterocycles. The number of aliphatic hydroxyl groups is 1. The molecule has 2 nitrogen and oxygen atoms in total. The van der Waals surface area contributed by atoms with Crippen molar-refractivity contribution in [3.05, 3.63) is 35.1 Å². The highest BCUT2D eigenvalue weighted by Gasteiger charge is 2.15. The van der Waals surface area contributed by atoms with E-state index in [2.05, 4.69) is 5.32 Å². The van der Waals surface area contributed by atoms with Crippen LogP contribution in [-0.4, -0.2) is 18.3 Å². The fraction of sp³-hybridized carbons (Fsp3) is 0.538. The number of rotatable bonds is 5. The van der Waals surface area contributed by atoms with Crippen LogP contribution >= 0.6 is 0 Å². The van der Waals surface area contributed by atoms with Crippen LogP contribution in [0.3, 0.4) is 0 Å². The topological polar surface area (TPSA) is 32.3 Å². The minimum atomic E-state index is -0.205.